The highest BCUT2D eigenvalue weighted by Crippen LogP contribution is 2.39. The first kappa shape index (κ1) is 13.4. The predicted molar refractivity (Wildman–Crippen MR) is 74.3 cm³/mol. The molecule has 100 valence electrons. The van der Waals surface area contributed by atoms with Crippen LogP contribution in [0, 0.1) is 10.8 Å². The van der Waals surface area contributed by atoms with Gasteiger partial charge in [0, 0.05) is 13.1 Å². The molecule has 0 unspecified atom stereocenters. The standard InChI is InChI=1S/C15H30N2/c1-14(2)8-10-17(11-9-14)13-15(12-16-3)6-4-5-7-15/h16H,4-13H2,1-3H3. The van der Waals surface area contributed by atoms with E-state index in [2.05, 4.69) is 31.1 Å². The fourth-order valence-electron chi connectivity index (χ4n) is 3.68. The molecule has 2 fully saturated rings. The second kappa shape index (κ2) is 5.27. The maximum Gasteiger partial charge on any atom is 0.00501 e. The summed E-state index contributed by atoms with van der Waals surface area (Å²) in [5.41, 5.74) is 1.18. The summed E-state index contributed by atoms with van der Waals surface area (Å²) in [4.78, 5) is 2.73. The predicted octanol–water partition coefficient (Wildman–Crippen LogP) is 2.89. The summed E-state index contributed by atoms with van der Waals surface area (Å²) in [6.45, 7) is 10.0. The average Bonchev–Trinajstić information content (AvgIpc) is 2.71. The smallest absolute Gasteiger partial charge is 0.00501 e. The van der Waals surface area contributed by atoms with Crippen LogP contribution in [0.5, 0.6) is 0 Å². The molecule has 1 heterocycles. The van der Waals surface area contributed by atoms with Crippen molar-refractivity contribution >= 4 is 0 Å². The Balaban J connectivity index is 1.87. The van der Waals surface area contributed by atoms with Gasteiger partial charge in [0.15, 0.2) is 0 Å². The number of likely N-dealkylation sites (tertiary alicyclic amines) is 1. The number of hydrogen-bond acceptors (Lipinski definition) is 2. The van der Waals surface area contributed by atoms with Crippen molar-refractivity contribution in [3.8, 4) is 0 Å². The molecule has 0 bridgehead atoms. The van der Waals surface area contributed by atoms with Crippen LogP contribution in [0.25, 0.3) is 0 Å². The first-order valence-corrected chi connectivity index (χ1v) is 7.42. The molecule has 0 spiro atoms. The Hall–Kier alpha value is -0.0800. The van der Waals surface area contributed by atoms with Crippen LogP contribution in [0.2, 0.25) is 0 Å². The summed E-state index contributed by atoms with van der Waals surface area (Å²) in [6.07, 6.45) is 8.52. The van der Waals surface area contributed by atoms with E-state index in [1.165, 1.54) is 64.7 Å². The van der Waals surface area contributed by atoms with Crippen LogP contribution in [0.15, 0.2) is 0 Å². The third kappa shape index (κ3) is 3.45. The third-order valence-corrected chi connectivity index (χ3v) is 4.98. The molecule has 0 radical (unpaired) electrons. The van der Waals surface area contributed by atoms with Crippen molar-refractivity contribution in [2.24, 2.45) is 10.8 Å². The molecule has 1 aliphatic heterocycles. The molecule has 17 heavy (non-hydrogen) atoms. The van der Waals surface area contributed by atoms with E-state index in [-0.39, 0.29) is 0 Å². The molecule has 1 saturated heterocycles. The summed E-state index contributed by atoms with van der Waals surface area (Å²) in [7, 11) is 2.11. The topological polar surface area (TPSA) is 15.3 Å². The number of nitrogens with one attached hydrogen (secondary N) is 1. The summed E-state index contributed by atoms with van der Waals surface area (Å²) < 4.78 is 0. The van der Waals surface area contributed by atoms with Gasteiger partial charge >= 0.3 is 0 Å². The fraction of sp³-hybridized carbons (Fsp3) is 1.00. The van der Waals surface area contributed by atoms with E-state index in [0.717, 1.165) is 0 Å². The fourth-order valence-corrected chi connectivity index (χ4v) is 3.68. The van der Waals surface area contributed by atoms with Gasteiger partial charge in [0.25, 0.3) is 0 Å². The van der Waals surface area contributed by atoms with E-state index in [1.54, 1.807) is 0 Å². The Labute approximate surface area is 107 Å². The van der Waals surface area contributed by atoms with Gasteiger partial charge in [-0.3, -0.25) is 0 Å². The maximum absolute atomic E-state index is 3.43. The molecule has 0 aromatic carbocycles. The van der Waals surface area contributed by atoms with Crippen LogP contribution in [-0.2, 0) is 0 Å². The Bertz CT molecular complexity index is 231. The highest BCUT2D eigenvalue weighted by atomic mass is 15.1. The molecule has 1 saturated carbocycles. The molecule has 1 aliphatic carbocycles. The second-order valence-corrected chi connectivity index (χ2v) is 7.18. The molecule has 1 N–H and O–H groups in total. The summed E-state index contributed by atoms with van der Waals surface area (Å²) in [6, 6.07) is 0. The lowest BCUT2D eigenvalue weighted by Crippen LogP contribution is -2.46. The monoisotopic (exact) mass is 238 g/mol. The average molecular weight is 238 g/mol. The van der Waals surface area contributed by atoms with Gasteiger partial charge in [0.1, 0.15) is 0 Å². The zero-order chi connectivity index (χ0) is 12.4. The zero-order valence-corrected chi connectivity index (χ0v) is 12.0. The van der Waals surface area contributed by atoms with Crippen LogP contribution in [-0.4, -0.2) is 38.1 Å². The normalized spacial score (nSPS) is 28.4. The van der Waals surface area contributed by atoms with Gasteiger partial charge in [0.2, 0.25) is 0 Å². The first-order chi connectivity index (χ1) is 8.05. The van der Waals surface area contributed by atoms with E-state index in [4.69, 9.17) is 0 Å². The minimum atomic E-state index is 0.586. The quantitative estimate of drug-likeness (QED) is 0.810. The minimum Gasteiger partial charge on any atom is -0.319 e. The van der Waals surface area contributed by atoms with E-state index >= 15 is 0 Å². The molecular formula is C15H30N2. The van der Waals surface area contributed by atoms with Gasteiger partial charge in [-0.2, -0.15) is 0 Å². The summed E-state index contributed by atoms with van der Waals surface area (Å²) in [5, 5.41) is 3.43. The van der Waals surface area contributed by atoms with Crippen LogP contribution in [0.1, 0.15) is 52.4 Å². The highest BCUT2D eigenvalue weighted by Gasteiger charge is 2.36. The molecule has 0 atom stereocenters. The molecule has 2 nitrogen and oxygen atoms in total. The molecule has 2 heteroatoms. The zero-order valence-electron chi connectivity index (χ0n) is 12.0. The summed E-state index contributed by atoms with van der Waals surface area (Å²) in [5.74, 6) is 0. The molecule has 0 amide bonds. The number of nitrogens with zero attached hydrogens (tertiary/aromatic N) is 1. The molecular weight excluding hydrogens is 208 g/mol. The van der Waals surface area contributed by atoms with Crippen molar-refractivity contribution in [3.05, 3.63) is 0 Å². The van der Waals surface area contributed by atoms with Crippen molar-refractivity contribution in [2.45, 2.75) is 52.4 Å². The number of piperidine rings is 1. The van der Waals surface area contributed by atoms with Crippen molar-refractivity contribution in [1.29, 1.82) is 0 Å². The Kier molecular flexibility index (Phi) is 4.14. The van der Waals surface area contributed by atoms with E-state index in [9.17, 15) is 0 Å². The molecule has 0 aromatic rings. The summed E-state index contributed by atoms with van der Waals surface area (Å²) >= 11 is 0. The van der Waals surface area contributed by atoms with Gasteiger partial charge < -0.3 is 10.2 Å². The lowest BCUT2D eigenvalue weighted by molar-refractivity contribution is 0.0837. The van der Waals surface area contributed by atoms with Crippen LogP contribution in [0.4, 0.5) is 0 Å². The van der Waals surface area contributed by atoms with E-state index in [1.807, 2.05) is 0 Å². The largest absolute Gasteiger partial charge is 0.319 e. The lowest BCUT2D eigenvalue weighted by atomic mass is 9.80. The minimum absolute atomic E-state index is 0.586. The third-order valence-electron chi connectivity index (χ3n) is 4.98. The van der Waals surface area contributed by atoms with Crippen molar-refractivity contribution in [1.82, 2.24) is 10.2 Å². The Morgan fingerprint density at radius 1 is 1.00 bits per heavy atom. The maximum atomic E-state index is 3.43. The van der Waals surface area contributed by atoms with E-state index in [0.29, 0.717) is 10.8 Å². The first-order valence-electron chi connectivity index (χ1n) is 7.42. The Morgan fingerprint density at radius 2 is 1.59 bits per heavy atom. The second-order valence-electron chi connectivity index (χ2n) is 7.18. The lowest BCUT2D eigenvalue weighted by Gasteiger charge is -2.41. The number of rotatable bonds is 4. The van der Waals surface area contributed by atoms with Crippen LogP contribution < -0.4 is 5.32 Å². The molecule has 2 rings (SSSR count). The SMILES string of the molecule is CNCC1(CN2CCC(C)(C)CC2)CCCC1. The van der Waals surface area contributed by atoms with Gasteiger partial charge in [-0.1, -0.05) is 26.7 Å². The van der Waals surface area contributed by atoms with Crippen molar-refractivity contribution < 1.29 is 0 Å². The molecule has 0 aromatic heterocycles. The van der Waals surface area contributed by atoms with Gasteiger partial charge in [-0.05, 0) is 56.7 Å². The van der Waals surface area contributed by atoms with Gasteiger partial charge in [0.05, 0.1) is 0 Å². The highest BCUT2D eigenvalue weighted by molar-refractivity contribution is 4.91. The Morgan fingerprint density at radius 3 is 2.12 bits per heavy atom. The van der Waals surface area contributed by atoms with Crippen LogP contribution >= 0.6 is 0 Å². The van der Waals surface area contributed by atoms with Gasteiger partial charge in [-0.15, -0.1) is 0 Å². The van der Waals surface area contributed by atoms with Crippen LogP contribution in [0.3, 0.4) is 0 Å². The van der Waals surface area contributed by atoms with Crippen molar-refractivity contribution in [3.63, 3.8) is 0 Å². The van der Waals surface area contributed by atoms with Gasteiger partial charge in [-0.25, -0.2) is 0 Å². The van der Waals surface area contributed by atoms with Crippen molar-refractivity contribution in [2.75, 3.05) is 33.2 Å². The molecule has 2 aliphatic rings. The van der Waals surface area contributed by atoms with E-state index < -0.39 is 0 Å². The number of hydrogen-bond donors (Lipinski definition) is 1.